The SMILES string of the molecule is CC(C)(C)OC(=O)N[C@@H](C[C@H](Cc1ccc(O[C@H]2C[C@H](O)C2)cc1)C(=O)OC(C)(C)C)C(=O)OC(C)(C)C. The van der Waals surface area contributed by atoms with Crippen molar-refractivity contribution in [3.8, 4) is 5.75 Å². The van der Waals surface area contributed by atoms with Crippen LogP contribution in [0.15, 0.2) is 24.3 Å². The maximum absolute atomic E-state index is 13.2. The van der Waals surface area contributed by atoms with E-state index in [1.54, 1.807) is 62.3 Å². The summed E-state index contributed by atoms with van der Waals surface area (Å²) in [7, 11) is 0. The van der Waals surface area contributed by atoms with Gasteiger partial charge in [0, 0.05) is 12.8 Å². The van der Waals surface area contributed by atoms with Crippen molar-refractivity contribution in [1.29, 1.82) is 0 Å². The molecule has 9 heteroatoms. The highest BCUT2D eigenvalue weighted by Crippen LogP contribution is 2.27. The molecule has 0 unspecified atom stereocenters. The third kappa shape index (κ3) is 11.7. The van der Waals surface area contributed by atoms with E-state index in [-0.39, 0.29) is 25.0 Å². The molecule has 0 aromatic heterocycles. The van der Waals surface area contributed by atoms with Crippen molar-refractivity contribution in [3.63, 3.8) is 0 Å². The lowest BCUT2D eigenvalue weighted by Gasteiger charge is -2.31. The number of rotatable bonds is 9. The van der Waals surface area contributed by atoms with Crippen molar-refractivity contribution in [1.82, 2.24) is 5.32 Å². The molecule has 2 atom stereocenters. The van der Waals surface area contributed by atoms with E-state index in [4.69, 9.17) is 18.9 Å². The highest BCUT2D eigenvalue weighted by molar-refractivity contribution is 5.83. The van der Waals surface area contributed by atoms with Crippen LogP contribution in [0.4, 0.5) is 4.79 Å². The fourth-order valence-electron chi connectivity index (χ4n) is 3.78. The number of aliphatic hydroxyl groups is 1. The minimum absolute atomic E-state index is 0.00104. The van der Waals surface area contributed by atoms with Gasteiger partial charge in [-0.2, -0.15) is 0 Å². The summed E-state index contributed by atoms with van der Waals surface area (Å²) in [5.41, 5.74) is -1.46. The predicted octanol–water partition coefficient (Wildman–Crippen LogP) is 4.71. The fraction of sp³-hybridized carbons (Fsp3) is 0.690. The van der Waals surface area contributed by atoms with Crippen LogP contribution in [0.3, 0.4) is 0 Å². The highest BCUT2D eigenvalue weighted by Gasteiger charge is 2.35. The molecular formula is C29H45NO8. The molecule has 0 heterocycles. The lowest BCUT2D eigenvalue weighted by atomic mass is 9.91. The number of carbonyl (C=O) groups is 3. The number of aliphatic hydroxyl groups excluding tert-OH is 1. The van der Waals surface area contributed by atoms with Gasteiger partial charge in [0.25, 0.3) is 0 Å². The van der Waals surface area contributed by atoms with Gasteiger partial charge in [0.1, 0.15) is 34.7 Å². The van der Waals surface area contributed by atoms with E-state index < -0.39 is 46.8 Å². The Morgan fingerprint density at radius 3 is 1.82 bits per heavy atom. The second-order valence-electron chi connectivity index (χ2n) is 12.9. The van der Waals surface area contributed by atoms with Crippen molar-refractivity contribution in [3.05, 3.63) is 29.8 Å². The van der Waals surface area contributed by atoms with Crippen LogP contribution in [0, 0.1) is 5.92 Å². The van der Waals surface area contributed by atoms with Crippen LogP contribution in [0.1, 0.15) is 87.1 Å². The first-order valence-corrected chi connectivity index (χ1v) is 13.2. The molecule has 38 heavy (non-hydrogen) atoms. The maximum Gasteiger partial charge on any atom is 0.408 e. The predicted molar refractivity (Wildman–Crippen MR) is 143 cm³/mol. The van der Waals surface area contributed by atoms with E-state index in [1.165, 1.54) is 0 Å². The molecule has 1 aromatic rings. The second kappa shape index (κ2) is 12.4. The summed E-state index contributed by atoms with van der Waals surface area (Å²) in [6, 6.07) is 6.21. The summed E-state index contributed by atoms with van der Waals surface area (Å²) in [6.07, 6.45) is 0.366. The van der Waals surface area contributed by atoms with Crippen molar-refractivity contribution < 1.29 is 38.4 Å². The number of benzene rings is 1. The van der Waals surface area contributed by atoms with E-state index in [9.17, 15) is 19.5 Å². The van der Waals surface area contributed by atoms with E-state index in [0.717, 1.165) is 5.56 Å². The Kier molecular flexibility index (Phi) is 10.2. The molecule has 2 N–H and O–H groups in total. The first kappa shape index (κ1) is 31.4. The lowest BCUT2D eigenvalue weighted by molar-refractivity contribution is -0.162. The lowest BCUT2D eigenvalue weighted by Crippen LogP contribution is -2.48. The Labute approximate surface area is 226 Å². The fourth-order valence-corrected chi connectivity index (χ4v) is 3.78. The van der Waals surface area contributed by atoms with E-state index in [2.05, 4.69) is 5.32 Å². The molecule has 0 spiro atoms. The zero-order valence-corrected chi connectivity index (χ0v) is 24.3. The summed E-state index contributed by atoms with van der Waals surface area (Å²) in [5, 5.41) is 12.1. The van der Waals surface area contributed by atoms with Crippen LogP contribution in [-0.4, -0.2) is 58.2 Å². The Morgan fingerprint density at radius 2 is 1.34 bits per heavy atom. The Hall–Kier alpha value is -2.81. The van der Waals surface area contributed by atoms with Crippen molar-refractivity contribution in [2.24, 2.45) is 5.92 Å². The Bertz CT molecular complexity index is 947. The van der Waals surface area contributed by atoms with Crippen LogP contribution in [0.25, 0.3) is 0 Å². The van der Waals surface area contributed by atoms with Gasteiger partial charge in [0.2, 0.25) is 0 Å². The first-order chi connectivity index (χ1) is 17.3. The van der Waals surface area contributed by atoms with Crippen LogP contribution in [0.5, 0.6) is 5.75 Å². The molecule has 214 valence electrons. The zero-order valence-electron chi connectivity index (χ0n) is 24.3. The first-order valence-electron chi connectivity index (χ1n) is 13.2. The molecular weight excluding hydrogens is 490 g/mol. The van der Waals surface area contributed by atoms with Gasteiger partial charge in [-0.05, 0) is 92.9 Å². The van der Waals surface area contributed by atoms with Gasteiger partial charge in [0.05, 0.1) is 12.0 Å². The van der Waals surface area contributed by atoms with Gasteiger partial charge in [0.15, 0.2) is 0 Å². The minimum atomic E-state index is -1.13. The van der Waals surface area contributed by atoms with E-state index in [0.29, 0.717) is 18.6 Å². The molecule has 1 aliphatic rings. The maximum atomic E-state index is 13.2. The molecule has 0 radical (unpaired) electrons. The van der Waals surface area contributed by atoms with Crippen molar-refractivity contribution >= 4 is 18.0 Å². The number of carbonyl (C=O) groups excluding carboxylic acids is 3. The van der Waals surface area contributed by atoms with Gasteiger partial charge in [-0.3, -0.25) is 4.79 Å². The quantitative estimate of drug-likeness (QED) is 0.344. The smallest absolute Gasteiger partial charge is 0.408 e. The number of esters is 2. The van der Waals surface area contributed by atoms with Crippen LogP contribution in [0.2, 0.25) is 0 Å². The Morgan fingerprint density at radius 1 is 0.842 bits per heavy atom. The van der Waals surface area contributed by atoms with E-state index in [1.807, 2.05) is 24.3 Å². The van der Waals surface area contributed by atoms with Crippen LogP contribution < -0.4 is 10.1 Å². The zero-order chi connectivity index (χ0) is 28.9. The Balaban J connectivity index is 2.24. The molecule has 1 fully saturated rings. The molecule has 1 amide bonds. The summed E-state index contributed by atoms with van der Waals surface area (Å²) >= 11 is 0. The number of hydrogen-bond donors (Lipinski definition) is 2. The third-order valence-electron chi connectivity index (χ3n) is 5.42. The molecule has 1 aromatic carbocycles. The number of hydrogen-bond acceptors (Lipinski definition) is 8. The van der Waals surface area contributed by atoms with Crippen LogP contribution in [-0.2, 0) is 30.2 Å². The number of ether oxygens (including phenoxy) is 4. The van der Waals surface area contributed by atoms with Gasteiger partial charge >= 0.3 is 18.0 Å². The van der Waals surface area contributed by atoms with Gasteiger partial charge < -0.3 is 29.4 Å². The number of amides is 1. The molecule has 0 saturated heterocycles. The standard InChI is InChI=1S/C29H45NO8/c1-27(2,3)36-24(32)19(14-18-10-12-21(13-11-18)35-22-16-20(31)17-22)15-23(25(33)37-28(4,5)6)30-26(34)38-29(7,8)9/h10-13,19-20,22-23,31H,14-17H2,1-9H3,(H,30,34)/t19-,20-,22-,23-/m0/s1. The summed E-state index contributed by atoms with van der Waals surface area (Å²) < 4.78 is 22.4. The molecule has 1 saturated carbocycles. The van der Waals surface area contributed by atoms with Crippen LogP contribution >= 0.6 is 0 Å². The molecule has 2 rings (SSSR count). The molecule has 9 nitrogen and oxygen atoms in total. The average Bonchev–Trinajstić information content (AvgIpc) is 2.68. The highest BCUT2D eigenvalue weighted by atomic mass is 16.6. The molecule has 0 bridgehead atoms. The van der Waals surface area contributed by atoms with E-state index >= 15 is 0 Å². The van der Waals surface area contributed by atoms with Gasteiger partial charge in [-0.1, -0.05) is 12.1 Å². The topological polar surface area (TPSA) is 120 Å². The van der Waals surface area contributed by atoms with Gasteiger partial charge in [-0.25, -0.2) is 9.59 Å². The van der Waals surface area contributed by atoms with Crippen molar-refractivity contribution in [2.75, 3.05) is 0 Å². The number of alkyl carbamates (subject to hydrolysis) is 1. The largest absolute Gasteiger partial charge is 0.490 e. The average molecular weight is 536 g/mol. The third-order valence-corrected chi connectivity index (χ3v) is 5.42. The summed E-state index contributed by atoms with van der Waals surface area (Å²) in [5.74, 6) is -1.22. The summed E-state index contributed by atoms with van der Waals surface area (Å²) in [6.45, 7) is 15.7. The second-order valence-corrected chi connectivity index (χ2v) is 12.9. The minimum Gasteiger partial charge on any atom is -0.490 e. The monoisotopic (exact) mass is 535 g/mol. The molecule has 1 aliphatic carbocycles. The number of nitrogens with one attached hydrogen (secondary N) is 1. The normalized spacial score (nSPS) is 19.4. The van der Waals surface area contributed by atoms with Gasteiger partial charge in [-0.15, -0.1) is 0 Å². The van der Waals surface area contributed by atoms with Crippen molar-refractivity contribution in [2.45, 2.75) is 123 Å². The summed E-state index contributed by atoms with van der Waals surface area (Å²) in [4.78, 5) is 38.9. The molecule has 0 aliphatic heterocycles.